The second-order valence-electron chi connectivity index (χ2n) is 6.47. The number of carbonyl (C=O) groups excluding carboxylic acids is 1. The van der Waals surface area contributed by atoms with Gasteiger partial charge < -0.3 is 14.4 Å². The number of hydrogen-bond donors (Lipinski definition) is 1. The number of anilines is 1. The van der Waals surface area contributed by atoms with Gasteiger partial charge in [-0.2, -0.15) is 0 Å². The van der Waals surface area contributed by atoms with E-state index in [1.165, 1.54) is 6.07 Å². The van der Waals surface area contributed by atoms with E-state index in [0.717, 1.165) is 16.9 Å². The van der Waals surface area contributed by atoms with Crippen molar-refractivity contribution in [3.8, 4) is 11.5 Å². The quantitative estimate of drug-likeness (QED) is 0.568. The summed E-state index contributed by atoms with van der Waals surface area (Å²) in [6, 6.07) is 15.0. The topological polar surface area (TPSA) is 84.9 Å². The fourth-order valence-electron chi connectivity index (χ4n) is 2.85. The minimum absolute atomic E-state index is 0.183. The Morgan fingerprint density at radius 1 is 1.03 bits per heavy atom. The predicted molar refractivity (Wildman–Crippen MR) is 117 cm³/mol. The van der Waals surface area contributed by atoms with Crippen LogP contribution in [-0.4, -0.2) is 40.5 Å². The average molecular weight is 447 g/mol. The van der Waals surface area contributed by atoms with Gasteiger partial charge in [0.15, 0.2) is 11.5 Å². The zero-order valence-electron chi connectivity index (χ0n) is 16.8. The Bertz CT molecular complexity index is 1110. The van der Waals surface area contributed by atoms with Crippen LogP contribution in [0.25, 0.3) is 0 Å². The highest BCUT2D eigenvalue weighted by atomic mass is 32.2. The SMILES string of the molecule is COc1ccc(CN(C)C(=O)c2ccc(NS(=O)(=O)c3cccs3)cc2)cc1OC. The van der Waals surface area contributed by atoms with Crippen molar-refractivity contribution in [1.29, 1.82) is 0 Å². The Morgan fingerprint density at radius 3 is 2.33 bits per heavy atom. The zero-order valence-corrected chi connectivity index (χ0v) is 18.4. The van der Waals surface area contributed by atoms with Crippen molar-refractivity contribution in [2.75, 3.05) is 26.0 Å². The maximum Gasteiger partial charge on any atom is 0.271 e. The standard InChI is InChI=1S/C21H22N2O5S2/c1-23(14-15-6-11-18(27-2)19(13-15)28-3)21(24)16-7-9-17(10-8-16)22-30(25,26)20-5-4-12-29-20/h4-13,22H,14H2,1-3H3. The molecule has 1 aromatic heterocycles. The van der Waals surface area contributed by atoms with Crippen molar-refractivity contribution < 1.29 is 22.7 Å². The highest BCUT2D eigenvalue weighted by molar-refractivity contribution is 7.94. The molecular formula is C21H22N2O5S2. The summed E-state index contributed by atoms with van der Waals surface area (Å²) in [5.41, 5.74) is 1.74. The van der Waals surface area contributed by atoms with Crippen molar-refractivity contribution in [2.45, 2.75) is 10.8 Å². The second kappa shape index (κ2) is 9.19. The van der Waals surface area contributed by atoms with Crippen LogP contribution in [0.15, 0.2) is 64.2 Å². The molecule has 1 N–H and O–H groups in total. The number of hydrogen-bond acceptors (Lipinski definition) is 6. The van der Waals surface area contributed by atoms with Crippen molar-refractivity contribution in [1.82, 2.24) is 4.90 Å². The predicted octanol–water partition coefficient (Wildman–Crippen LogP) is 3.84. The van der Waals surface area contributed by atoms with Crippen LogP contribution in [0.5, 0.6) is 11.5 Å². The van der Waals surface area contributed by atoms with Crippen LogP contribution in [0.2, 0.25) is 0 Å². The van der Waals surface area contributed by atoms with Gasteiger partial charge in [-0.25, -0.2) is 8.42 Å². The highest BCUT2D eigenvalue weighted by Gasteiger charge is 2.17. The molecule has 0 aliphatic heterocycles. The molecule has 158 valence electrons. The maximum absolute atomic E-state index is 12.7. The first-order chi connectivity index (χ1) is 14.3. The number of amides is 1. The van der Waals surface area contributed by atoms with E-state index in [0.29, 0.717) is 29.3 Å². The number of rotatable bonds is 8. The lowest BCUT2D eigenvalue weighted by Gasteiger charge is -2.18. The van der Waals surface area contributed by atoms with E-state index in [1.54, 1.807) is 67.9 Å². The monoisotopic (exact) mass is 446 g/mol. The molecular weight excluding hydrogens is 424 g/mol. The number of benzene rings is 2. The number of thiophene rings is 1. The lowest BCUT2D eigenvalue weighted by Crippen LogP contribution is -2.26. The summed E-state index contributed by atoms with van der Waals surface area (Å²) in [6.07, 6.45) is 0. The number of methoxy groups -OCH3 is 2. The minimum atomic E-state index is -3.62. The maximum atomic E-state index is 12.7. The van der Waals surface area contributed by atoms with Gasteiger partial charge in [-0.15, -0.1) is 11.3 Å². The van der Waals surface area contributed by atoms with E-state index in [9.17, 15) is 13.2 Å². The summed E-state index contributed by atoms with van der Waals surface area (Å²) in [6.45, 7) is 0.381. The first-order valence-corrected chi connectivity index (χ1v) is 11.3. The van der Waals surface area contributed by atoms with Crippen molar-refractivity contribution in [3.05, 3.63) is 71.1 Å². The lowest BCUT2D eigenvalue weighted by molar-refractivity contribution is 0.0785. The second-order valence-corrected chi connectivity index (χ2v) is 9.32. The lowest BCUT2D eigenvalue weighted by atomic mass is 10.1. The summed E-state index contributed by atoms with van der Waals surface area (Å²) in [5, 5.41) is 1.70. The number of nitrogens with one attached hydrogen (secondary N) is 1. The fraction of sp³-hybridized carbons (Fsp3) is 0.190. The third-order valence-electron chi connectivity index (χ3n) is 4.36. The van der Waals surface area contributed by atoms with Crippen molar-refractivity contribution in [3.63, 3.8) is 0 Å². The van der Waals surface area contributed by atoms with Crippen LogP contribution in [0, 0.1) is 0 Å². The molecule has 7 nitrogen and oxygen atoms in total. The van der Waals surface area contributed by atoms with Crippen molar-refractivity contribution in [2.24, 2.45) is 0 Å². The normalized spacial score (nSPS) is 11.0. The Balaban J connectivity index is 1.68. The molecule has 1 amide bonds. The van der Waals surface area contributed by atoms with E-state index in [2.05, 4.69) is 4.72 Å². The summed E-state index contributed by atoms with van der Waals surface area (Å²) in [5.74, 6) is 1.03. The van der Waals surface area contributed by atoms with E-state index in [4.69, 9.17) is 9.47 Å². The summed E-state index contributed by atoms with van der Waals surface area (Å²) in [4.78, 5) is 14.3. The summed E-state index contributed by atoms with van der Waals surface area (Å²) >= 11 is 1.14. The number of sulfonamides is 1. The van der Waals surface area contributed by atoms with E-state index in [-0.39, 0.29) is 10.1 Å². The van der Waals surface area contributed by atoms with Gasteiger partial charge in [0.2, 0.25) is 0 Å². The molecule has 0 spiro atoms. The van der Waals surface area contributed by atoms with Gasteiger partial charge >= 0.3 is 0 Å². The van der Waals surface area contributed by atoms with E-state index >= 15 is 0 Å². The number of ether oxygens (including phenoxy) is 2. The molecule has 0 aliphatic carbocycles. The van der Waals surface area contributed by atoms with Crippen LogP contribution in [0.1, 0.15) is 15.9 Å². The van der Waals surface area contributed by atoms with Gasteiger partial charge in [0.25, 0.3) is 15.9 Å². The van der Waals surface area contributed by atoms with Gasteiger partial charge in [0.05, 0.1) is 14.2 Å². The Morgan fingerprint density at radius 2 is 1.73 bits per heavy atom. The summed E-state index contributed by atoms with van der Waals surface area (Å²) < 4.78 is 37.9. The van der Waals surface area contributed by atoms with Crippen LogP contribution in [-0.2, 0) is 16.6 Å². The van der Waals surface area contributed by atoms with Crippen molar-refractivity contribution >= 4 is 33.0 Å². The summed E-state index contributed by atoms with van der Waals surface area (Å²) in [7, 11) is 1.21. The fourth-order valence-corrected chi connectivity index (χ4v) is 4.90. The van der Waals surface area contributed by atoms with Crippen LogP contribution >= 0.6 is 11.3 Å². The third kappa shape index (κ3) is 4.92. The minimum Gasteiger partial charge on any atom is -0.493 e. The molecule has 0 bridgehead atoms. The number of carbonyl (C=O) groups is 1. The Kier molecular flexibility index (Phi) is 6.63. The molecule has 0 saturated carbocycles. The van der Waals surface area contributed by atoms with Gasteiger partial charge in [-0.3, -0.25) is 9.52 Å². The third-order valence-corrected chi connectivity index (χ3v) is 7.14. The number of nitrogens with zero attached hydrogens (tertiary/aromatic N) is 1. The molecule has 1 heterocycles. The van der Waals surface area contributed by atoms with Gasteiger partial charge in [-0.1, -0.05) is 12.1 Å². The molecule has 0 atom stereocenters. The highest BCUT2D eigenvalue weighted by Crippen LogP contribution is 2.28. The molecule has 3 rings (SSSR count). The molecule has 9 heteroatoms. The smallest absolute Gasteiger partial charge is 0.271 e. The van der Waals surface area contributed by atoms with Crippen LogP contribution < -0.4 is 14.2 Å². The molecule has 3 aromatic rings. The van der Waals surface area contributed by atoms with Crippen LogP contribution in [0.4, 0.5) is 5.69 Å². The first kappa shape index (κ1) is 21.7. The Labute approximate surface area is 179 Å². The molecule has 0 saturated heterocycles. The molecule has 0 aliphatic rings. The molecule has 0 fully saturated rings. The zero-order chi connectivity index (χ0) is 21.7. The van der Waals surface area contributed by atoms with Gasteiger partial charge in [0.1, 0.15) is 4.21 Å². The van der Waals surface area contributed by atoms with Gasteiger partial charge in [-0.05, 0) is 53.4 Å². The first-order valence-electron chi connectivity index (χ1n) is 8.97. The van der Waals surface area contributed by atoms with Crippen LogP contribution in [0.3, 0.4) is 0 Å². The largest absolute Gasteiger partial charge is 0.493 e. The van der Waals surface area contributed by atoms with Gasteiger partial charge in [0, 0.05) is 24.8 Å². The van der Waals surface area contributed by atoms with E-state index in [1.807, 2.05) is 12.1 Å². The average Bonchev–Trinajstić information content (AvgIpc) is 3.29. The van der Waals surface area contributed by atoms with E-state index < -0.39 is 10.0 Å². The molecule has 0 radical (unpaired) electrons. The molecule has 30 heavy (non-hydrogen) atoms. The molecule has 0 unspecified atom stereocenters. The molecule has 2 aromatic carbocycles. The Hall–Kier alpha value is -3.04.